The molecule has 2 aromatic heterocycles. The fraction of sp³-hybridized carbons (Fsp3) is 0.100. The fourth-order valence-electron chi connectivity index (χ4n) is 2.90. The van der Waals surface area contributed by atoms with Crippen molar-refractivity contribution in [3.63, 3.8) is 0 Å². The van der Waals surface area contributed by atoms with Crippen LogP contribution in [0.1, 0.15) is 15.2 Å². The van der Waals surface area contributed by atoms with E-state index >= 15 is 0 Å². The molecular weight excluding hydrogens is 408 g/mol. The molecule has 0 fully saturated rings. The zero-order valence-electron chi connectivity index (χ0n) is 15.7. The van der Waals surface area contributed by atoms with Crippen LogP contribution in [0.25, 0.3) is 21.7 Å². The van der Waals surface area contributed by atoms with Gasteiger partial charge in [-0.2, -0.15) is 0 Å². The van der Waals surface area contributed by atoms with E-state index in [0.717, 1.165) is 27.3 Å². The maximum atomic E-state index is 12.4. The number of hydrogen-bond acceptors (Lipinski definition) is 5. The number of hydrazine groups is 1. The predicted molar refractivity (Wildman–Crippen MR) is 113 cm³/mol. The van der Waals surface area contributed by atoms with Crippen LogP contribution in [0, 0.1) is 6.92 Å². The number of nitrogens with one attached hydrogen (secondary N) is 2. The van der Waals surface area contributed by atoms with Crippen LogP contribution in [-0.2, 0) is 17.1 Å². The summed E-state index contributed by atoms with van der Waals surface area (Å²) in [5, 5.41) is 0. The van der Waals surface area contributed by atoms with Crippen LogP contribution in [0.4, 0.5) is 0 Å². The number of sulfonamides is 1. The van der Waals surface area contributed by atoms with Gasteiger partial charge in [-0.1, -0.05) is 29.8 Å². The van der Waals surface area contributed by atoms with Gasteiger partial charge in [0.05, 0.1) is 25.7 Å². The molecule has 0 spiro atoms. The molecule has 0 unspecified atom stereocenters. The van der Waals surface area contributed by atoms with E-state index in [9.17, 15) is 13.2 Å². The first kappa shape index (κ1) is 19.3. The number of amides is 1. The highest BCUT2D eigenvalue weighted by molar-refractivity contribution is 7.89. The molecule has 2 N–H and O–H groups in total. The van der Waals surface area contributed by atoms with E-state index in [1.54, 1.807) is 24.3 Å². The zero-order valence-corrected chi connectivity index (χ0v) is 17.3. The first-order valence-electron chi connectivity index (χ1n) is 8.75. The van der Waals surface area contributed by atoms with Gasteiger partial charge in [0, 0.05) is 7.05 Å². The van der Waals surface area contributed by atoms with Gasteiger partial charge in [0.15, 0.2) is 5.82 Å². The Morgan fingerprint density at radius 1 is 1.03 bits per heavy atom. The lowest BCUT2D eigenvalue weighted by atomic mass is 10.2. The van der Waals surface area contributed by atoms with Gasteiger partial charge in [-0.3, -0.25) is 10.2 Å². The van der Waals surface area contributed by atoms with Crippen molar-refractivity contribution in [3.05, 3.63) is 71.1 Å². The number of fused-ring (bicyclic) bond motifs is 1. The van der Waals surface area contributed by atoms with Crippen LogP contribution in [0.3, 0.4) is 0 Å². The number of aryl methyl sites for hydroxylation is 2. The summed E-state index contributed by atoms with van der Waals surface area (Å²) in [5.74, 6) is 0.214. The van der Waals surface area contributed by atoms with Gasteiger partial charge in [-0.25, -0.2) is 13.4 Å². The van der Waals surface area contributed by atoms with Crippen LogP contribution in [0.15, 0.2) is 65.6 Å². The molecule has 2 aromatic carbocycles. The van der Waals surface area contributed by atoms with Crippen molar-refractivity contribution in [1.29, 1.82) is 0 Å². The quantitative estimate of drug-likeness (QED) is 0.479. The molecule has 29 heavy (non-hydrogen) atoms. The molecule has 9 heteroatoms. The Bertz CT molecular complexity index is 1310. The lowest BCUT2D eigenvalue weighted by Gasteiger charge is -2.07. The molecule has 148 valence electrons. The summed E-state index contributed by atoms with van der Waals surface area (Å²) in [5.41, 5.74) is 5.07. The maximum absolute atomic E-state index is 12.4. The van der Waals surface area contributed by atoms with Gasteiger partial charge in [-0.05, 0) is 43.3 Å². The first-order valence-corrected chi connectivity index (χ1v) is 11.1. The van der Waals surface area contributed by atoms with Crippen molar-refractivity contribution < 1.29 is 13.2 Å². The summed E-state index contributed by atoms with van der Waals surface area (Å²) in [6, 6.07) is 17.6. The van der Waals surface area contributed by atoms with E-state index < -0.39 is 15.9 Å². The Labute approximate surface area is 172 Å². The van der Waals surface area contributed by atoms with Gasteiger partial charge in [0.25, 0.3) is 15.9 Å². The molecule has 7 nitrogen and oxygen atoms in total. The van der Waals surface area contributed by atoms with Gasteiger partial charge in [0.1, 0.15) is 0 Å². The molecule has 1 amide bonds. The minimum atomic E-state index is -3.84. The Morgan fingerprint density at radius 2 is 1.76 bits per heavy atom. The molecule has 0 radical (unpaired) electrons. The Hall–Kier alpha value is -3.01. The maximum Gasteiger partial charge on any atom is 0.276 e. The molecular formula is C20H18N4O3S2. The van der Waals surface area contributed by atoms with Crippen molar-refractivity contribution in [2.45, 2.75) is 11.8 Å². The van der Waals surface area contributed by atoms with Crippen molar-refractivity contribution in [3.8, 4) is 10.7 Å². The van der Waals surface area contributed by atoms with E-state index in [2.05, 4.69) is 15.2 Å². The number of carbonyl (C=O) groups is 1. The summed E-state index contributed by atoms with van der Waals surface area (Å²) < 4.78 is 26.6. The number of thiophene rings is 1. The zero-order chi connectivity index (χ0) is 20.6. The molecule has 0 saturated heterocycles. The molecule has 4 aromatic rings. The molecule has 4 rings (SSSR count). The average molecular weight is 427 g/mol. The largest absolute Gasteiger partial charge is 0.326 e. The van der Waals surface area contributed by atoms with E-state index in [-0.39, 0.29) is 4.90 Å². The van der Waals surface area contributed by atoms with E-state index in [1.807, 2.05) is 42.8 Å². The highest BCUT2D eigenvalue weighted by Crippen LogP contribution is 2.29. The molecule has 2 heterocycles. The number of carbonyl (C=O) groups excluding carboxylic acids is 1. The van der Waals surface area contributed by atoms with Crippen molar-refractivity contribution in [1.82, 2.24) is 19.8 Å². The number of para-hydroxylation sites is 2. The van der Waals surface area contributed by atoms with Crippen LogP contribution in [0.2, 0.25) is 0 Å². The molecule has 0 aliphatic heterocycles. The molecule has 0 bridgehead atoms. The first-order chi connectivity index (χ1) is 13.8. The van der Waals surface area contributed by atoms with Crippen molar-refractivity contribution >= 4 is 38.3 Å². The van der Waals surface area contributed by atoms with E-state index in [1.165, 1.54) is 23.5 Å². The highest BCUT2D eigenvalue weighted by atomic mass is 32.2. The molecule has 0 aliphatic carbocycles. The summed E-state index contributed by atoms with van der Waals surface area (Å²) in [4.78, 5) is 20.4. The minimum Gasteiger partial charge on any atom is -0.326 e. The summed E-state index contributed by atoms with van der Waals surface area (Å²) in [7, 11) is -1.93. The fourth-order valence-corrected chi connectivity index (χ4v) is 4.66. The van der Waals surface area contributed by atoms with Gasteiger partial charge < -0.3 is 4.57 Å². The third-order valence-electron chi connectivity index (χ3n) is 4.47. The van der Waals surface area contributed by atoms with Gasteiger partial charge in [-0.15, -0.1) is 16.2 Å². The number of nitrogens with zero attached hydrogens (tertiary/aromatic N) is 2. The topological polar surface area (TPSA) is 93.1 Å². The monoisotopic (exact) mass is 426 g/mol. The second-order valence-corrected chi connectivity index (χ2v) is 9.29. The molecule has 0 saturated carbocycles. The normalized spacial score (nSPS) is 11.7. The number of aromatic nitrogens is 2. The Kier molecular flexibility index (Phi) is 4.95. The standard InChI is InChI=1S/C20H18N4O3S2/c1-13-7-9-14(10-8-13)29(26,27)23-22-20(25)18-12-11-17(28-18)19-21-15-5-3-4-6-16(15)24(19)2/h3-12,23H,1-2H3,(H,22,25). The minimum absolute atomic E-state index is 0.0787. The summed E-state index contributed by atoms with van der Waals surface area (Å²) in [6.07, 6.45) is 0. The Morgan fingerprint density at radius 3 is 2.48 bits per heavy atom. The van der Waals surface area contributed by atoms with Crippen LogP contribution in [0.5, 0.6) is 0 Å². The van der Waals surface area contributed by atoms with Crippen molar-refractivity contribution in [2.75, 3.05) is 0 Å². The van der Waals surface area contributed by atoms with Gasteiger partial charge >= 0.3 is 0 Å². The summed E-state index contributed by atoms with van der Waals surface area (Å²) in [6.45, 7) is 1.87. The third-order valence-corrected chi connectivity index (χ3v) is 6.81. The Balaban J connectivity index is 1.51. The SMILES string of the molecule is Cc1ccc(S(=O)(=O)NNC(=O)c2ccc(-c3nc4ccccc4n3C)s2)cc1. The lowest BCUT2D eigenvalue weighted by Crippen LogP contribution is -2.41. The van der Waals surface area contributed by atoms with Crippen molar-refractivity contribution in [2.24, 2.45) is 7.05 Å². The number of benzene rings is 2. The van der Waals surface area contributed by atoms with Crippen LogP contribution in [-0.4, -0.2) is 23.9 Å². The van der Waals surface area contributed by atoms with E-state index in [4.69, 9.17) is 0 Å². The van der Waals surface area contributed by atoms with Crippen LogP contribution < -0.4 is 10.3 Å². The molecule has 0 atom stereocenters. The lowest BCUT2D eigenvalue weighted by molar-refractivity contribution is 0.0949. The number of rotatable bonds is 5. The second-order valence-electron chi connectivity index (χ2n) is 6.52. The predicted octanol–water partition coefficient (Wildman–Crippen LogP) is 3.23. The third kappa shape index (κ3) is 3.80. The van der Waals surface area contributed by atoms with E-state index in [0.29, 0.717) is 4.88 Å². The second kappa shape index (κ2) is 7.43. The highest BCUT2D eigenvalue weighted by Gasteiger charge is 2.18. The smallest absolute Gasteiger partial charge is 0.276 e. The number of imidazole rings is 1. The van der Waals surface area contributed by atoms with Crippen LogP contribution >= 0.6 is 11.3 Å². The summed E-state index contributed by atoms with van der Waals surface area (Å²) >= 11 is 1.24. The number of hydrogen-bond donors (Lipinski definition) is 2. The van der Waals surface area contributed by atoms with Gasteiger partial charge in [0.2, 0.25) is 0 Å². The average Bonchev–Trinajstić information content (AvgIpc) is 3.32. The molecule has 0 aliphatic rings.